The van der Waals surface area contributed by atoms with Crippen molar-refractivity contribution in [1.82, 2.24) is 9.88 Å². The van der Waals surface area contributed by atoms with Crippen molar-refractivity contribution < 1.29 is 13.2 Å². The highest BCUT2D eigenvalue weighted by Crippen LogP contribution is 2.32. The Morgan fingerprint density at radius 2 is 1.67 bits per heavy atom. The lowest BCUT2D eigenvalue weighted by molar-refractivity contribution is 0.287. The van der Waals surface area contributed by atoms with Gasteiger partial charge in [-0.3, -0.25) is 4.90 Å². The van der Waals surface area contributed by atoms with E-state index in [1.807, 2.05) is 24.4 Å². The minimum atomic E-state index is -2.84. The van der Waals surface area contributed by atoms with Crippen LogP contribution in [0.15, 0.2) is 54.7 Å². The largest absolute Gasteiger partial charge is 0.481 e. The Bertz CT molecular complexity index is 1050. The van der Waals surface area contributed by atoms with E-state index in [4.69, 9.17) is 4.74 Å². The number of hydrogen-bond donors (Lipinski definition) is 0. The first-order chi connectivity index (χ1) is 13.1. The molecule has 0 saturated carbocycles. The normalized spacial score (nSPS) is 17.1. The van der Waals surface area contributed by atoms with E-state index < -0.39 is 9.84 Å². The summed E-state index contributed by atoms with van der Waals surface area (Å²) in [5.41, 5.74) is 3.36. The average molecular weight is 382 g/mol. The monoisotopic (exact) mass is 382 g/mol. The van der Waals surface area contributed by atoms with Gasteiger partial charge in [0.05, 0.1) is 18.6 Å². The third kappa shape index (κ3) is 3.82. The average Bonchev–Trinajstić information content (AvgIpc) is 2.69. The predicted molar refractivity (Wildman–Crippen MR) is 108 cm³/mol. The van der Waals surface area contributed by atoms with E-state index in [1.54, 1.807) is 7.11 Å². The van der Waals surface area contributed by atoms with Gasteiger partial charge in [-0.2, -0.15) is 0 Å². The van der Waals surface area contributed by atoms with Crippen LogP contribution in [-0.2, 0) is 16.4 Å². The third-order valence-corrected chi connectivity index (χ3v) is 6.67. The fourth-order valence-electron chi connectivity index (χ4n) is 3.52. The molecule has 0 amide bonds. The van der Waals surface area contributed by atoms with Crippen molar-refractivity contribution in [2.45, 2.75) is 6.54 Å². The number of sulfone groups is 1. The Morgan fingerprint density at radius 3 is 2.33 bits per heavy atom. The second-order valence-corrected chi connectivity index (χ2v) is 9.16. The smallest absolute Gasteiger partial charge is 0.221 e. The first kappa shape index (κ1) is 17.9. The SMILES string of the molecule is COc1ncc(-c2ccc(CN3CCS(=O)(=O)CC3)cc2)c2ccccc12. The van der Waals surface area contributed by atoms with Crippen LogP contribution in [0.3, 0.4) is 0 Å². The summed E-state index contributed by atoms with van der Waals surface area (Å²) in [6, 6.07) is 16.5. The molecule has 0 aliphatic carbocycles. The predicted octanol–water partition coefficient (Wildman–Crippen LogP) is 3.14. The number of pyridine rings is 1. The lowest BCUT2D eigenvalue weighted by atomic mass is 9.99. The van der Waals surface area contributed by atoms with Crippen LogP contribution >= 0.6 is 0 Å². The summed E-state index contributed by atoms with van der Waals surface area (Å²) >= 11 is 0. The number of benzene rings is 2. The molecule has 6 heteroatoms. The molecule has 27 heavy (non-hydrogen) atoms. The van der Waals surface area contributed by atoms with Crippen molar-refractivity contribution >= 4 is 20.6 Å². The maximum absolute atomic E-state index is 11.6. The van der Waals surface area contributed by atoms with Gasteiger partial charge in [0.1, 0.15) is 0 Å². The molecule has 3 aromatic rings. The molecule has 0 N–H and O–H groups in total. The van der Waals surface area contributed by atoms with E-state index in [1.165, 1.54) is 5.56 Å². The van der Waals surface area contributed by atoms with Gasteiger partial charge < -0.3 is 4.74 Å². The molecule has 1 aliphatic rings. The van der Waals surface area contributed by atoms with Crippen molar-refractivity contribution in [2.75, 3.05) is 31.7 Å². The maximum atomic E-state index is 11.6. The molecule has 0 unspecified atom stereocenters. The Balaban J connectivity index is 1.57. The van der Waals surface area contributed by atoms with Crippen LogP contribution in [0.2, 0.25) is 0 Å². The first-order valence-corrected chi connectivity index (χ1v) is 10.8. The zero-order valence-corrected chi connectivity index (χ0v) is 16.1. The number of ether oxygens (including phenoxy) is 1. The molecular weight excluding hydrogens is 360 g/mol. The maximum Gasteiger partial charge on any atom is 0.221 e. The van der Waals surface area contributed by atoms with Crippen molar-refractivity contribution in [3.63, 3.8) is 0 Å². The van der Waals surface area contributed by atoms with Crippen LogP contribution in [0.4, 0.5) is 0 Å². The van der Waals surface area contributed by atoms with E-state index in [-0.39, 0.29) is 11.5 Å². The summed E-state index contributed by atoms with van der Waals surface area (Å²) in [5.74, 6) is 1.15. The number of aromatic nitrogens is 1. The molecule has 2 heterocycles. The van der Waals surface area contributed by atoms with Gasteiger partial charge in [-0.25, -0.2) is 13.4 Å². The van der Waals surface area contributed by atoms with Gasteiger partial charge in [-0.1, -0.05) is 42.5 Å². The second kappa shape index (κ2) is 7.29. The molecule has 0 spiro atoms. The Kier molecular flexibility index (Phi) is 4.85. The molecule has 0 atom stereocenters. The highest BCUT2D eigenvalue weighted by atomic mass is 32.2. The molecule has 140 valence electrons. The molecule has 2 aromatic carbocycles. The van der Waals surface area contributed by atoms with Gasteiger partial charge in [0.15, 0.2) is 9.84 Å². The second-order valence-electron chi connectivity index (χ2n) is 6.85. The van der Waals surface area contributed by atoms with Crippen molar-refractivity contribution in [1.29, 1.82) is 0 Å². The van der Waals surface area contributed by atoms with E-state index in [0.717, 1.165) is 28.4 Å². The summed E-state index contributed by atoms with van der Waals surface area (Å²) < 4.78 is 28.5. The number of fused-ring (bicyclic) bond motifs is 1. The fourth-order valence-corrected chi connectivity index (χ4v) is 4.79. The van der Waals surface area contributed by atoms with Gasteiger partial charge >= 0.3 is 0 Å². The minimum Gasteiger partial charge on any atom is -0.481 e. The summed E-state index contributed by atoms with van der Waals surface area (Å²) in [7, 11) is -1.20. The van der Waals surface area contributed by atoms with E-state index in [9.17, 15) is 8.42 Å². The molecule has 1 aliphatic heterocycles. The van der Waals surface area contributed by atoms with Crippen molar-refractivity contribution in [2.24, 2.45) is 0 Å². The number of methoxy groups -OCH3 is 1. The van der Waals surface area contributed by atoms with Crippen LogP contribution in [0.25, 0.3) is 21.9 Å². The third-order valence-electron chi connectivity index (χ3n) is 5.06. The highest BCUT2D eigenvalue weighted by molar-refractivity contribution is 7.91. The van der Waals surface area contributed by atoms with E-state index >= 15 is 0 Å². The lowest BCUT2D eigenvalue weighted by Crippen LogP contribution is -2.39. The van der Waals surface area contributed by atoms with Crippen LogP contribution in [-0.4, -0.2) is 50.0 Å². The van der Waals surface area contributed by atoms with E-state index in [0.29, 0.717) is 19.0 Å². The molecule has 1 saturated heterocycles. The molecule has 1 fully saturated rings. The van der Waals surface area contributed by atoms with Crippen LogP contribution in [0.5, 0.6) is 5.88 Å². The van der Waals surface area contributed by atoms with Gasteiger partial charge in [-0.05, 0) is 22.6 Å². The quantitative estimate of drug-likeness (QED) is 0.694. The summed E-state index contributed by atoms with van der Waals surface area (Å²) in [6.45, 7) is 1.99. The molecule has 0 bridgehead atoms. The molecule has 0 radical (unpaired) electrons. The van der Waals surface area contributed by atoms with Gasteiger partial charge in [0.25, 0.3) is 0 Å². The zero-order valence-electron chi connectivity index (χ0n) is 15.3. The van der Waals surface area contributed by atoms with Crippen molar-refractivity contribution in [3.05, 3.63) is 60.3 Å². The number of nitrogens with zero attached hydrogens (tertiary/aromatic N) is 2. The number of hydrogen-bond acceptors (Lipinski definition) is 5. The standard InChI is InChI=1S/C21H22N2O3S/c1-26-21-19-5-3-2-4-18(19)20(14-22-21)17-8-6-16(7-9-17)15-23-10-12-27(24,25)13-11-23/h2-9,14H,10-13,15H2,1H3. The van der Waals surface area contributed by atoms with Gasteiger partial charge in [0, 0.05) is 36.8 Å². The van der Waals surface area contributed by atoms with E-state index in [2.05, 4.69) is 40.2 Å². The zero-order chi connectivity index (χ0) is 18.9. The summed E-state index contributed by atoms with van der Waals surface area (Å²) in [4.78, 5) is 6.64. The van der Waals surface area contributed by atoms with Crippen LogP contribution in [0, 0.1) is 0 Å². The molecule has 1 aromatic heterocycles. The van der Waals surface area contributed by atoms with Crippen LogP contribution < -0.4 is 4.74 Å². The van der Waals surface area contributed by atoms with Gasteiger partial charge in [-0.15, -0.1) is 0 Å². The molecule has 5 nitrogen and oxygen atoms in total. The van der Waals surface area contributed by atoms with Crippen LogP contribution in [0.1, 0.15) is 5.56 Å². The first-order valence-electron chi connectivity index (χ1n) is 8.99. The fraction of sp³-hybridized carbons (Fsp3) is 0.286. The molecule has 4 rings (SSSR count). The van der Waals surface area contributed by atoms with Crippen molar-refractivity contribution in [3.8, 4) is 17.0 Å². The Hall–Kier alpha value is -2.44. The summed E-state index contributed by atoms with van der Waals surface area (Å²) in [6.07, 6.45) is 1.85. The Labute approximate surface area is 159 Å². The van der Waals surface area contributed by atoms with Gasteiger partial charge in [0.2, 0.25) is 5.88 Å². The Morgan fingerprint density at radius 1 is 1.00 bits per heavy atom. The number of rotatable bonds is 4. The molecular formula is C21H22N2O3S. The highest BCUT2D eigenvalue weighted by Gasteiger charge is 2.21. The minimum absolute atomic E-state index is 0.259. The lowest BCUT2D eigenvalue weighted by Gasteiger charge is -2.26. The summed E-state index contributed by atoms with van der Waals surface area (Å²) in [5, 5.41) is 2.11. The topological polar surface area (TPSA) is 59.5 Å².